The summed E-state index contributed by atoms with van der Waals surface area (Å²) in [7, 11) is 0. The fourth-order valence-electron chi connectivity index (χ4n) is 4.61. The highest BCUT2D eigenvalue weighted by Crippen LogP contribution is 2.47. The maximum absolute atomic E-state index is 13.3. The molecule has 1 aromatic carbocycles. The van der Waals surface area contributed by atoms with E-state index in [2.05, 4.69) is 29.1 Å². The number of hydrogen-bond acceptors (Lipinski definition) is 6. The summed E-state index contributed by atoms with van der Waals surface area (Å²) in [6, 6.07) is 11.3. The van der Waals surface area contributed by atoms with Crippen molar-refractivity contribution in [2.75, 3.05) is 5.32 Å². The summed E-state index contributed by atoms with van der Waals surface area (Å²) in [6.07, 6.45) is 4.53. The van der Waals surface area contributed by atoms with Gasteiger partial charge in [0.1, 0.15) is 5.82 Å². The maximum atomic E-state index is 13.3. The molecular weight excluding hydrogens is 456 g/mol. The Kier molecular flexibility index (Phi) is 5.62. The van der Waals surface area contributed by atoms with Gasteiger partial charge in [-0.05, 0) is 41.2 Å². The standard InChI is InChI=1S/C25H23ClN4O2S/c1-25(2)11-17-20(18(31)12-25)19(14-7-9-27-10-8-14)21-22(28-17)29-24(30-23(21)32)33-13-15-5-3-4-6-16(15)26/h3-10,19H,11-13H2,1-2H3,(H2,28,29,30,32). The zero-order valence-corrected chi connectivity index (χ0v) is 19.9. The first kappa shape index (κ1) is 21.9. The molecule has 0 radical (unpaired) electrons. The molecule has 1 aliphatic heterocycles. The molecule has 2 aromatic heterocycles. The van der Waals surface area contributed by atoms with Gasteiger partial charge in [-0.2, -0.15) is 0 Å². The van der Waals surface area contributed by atoms with Crippen LogP contribution in [0.4, 0.5) is 5.82 Å². The van der Waals surface area contributed by atoms with Gasteiger partial charge in [0.25, 0.3) is 5.56 Å². The minimum Gasteiger partial charge on any atom is -0.343 e. The molecule has 0 fully saturated rings. The lowest BCUT2D eigenvalue weighted by atomic mass is 9.69. The number of hydrogen-bond donors (Lipinski definition) is 2. The van der Waals surface area contributed by atoms with Crippen LogP contribution in [-0.2, 0) is 10.5 Å². The van der Waals surface area contributed by atoms with Crippen LogP contribution in [0, 0.1) is 5.41 Å². The summed E-state index contributed by atoms with van der Waals surface area (Å²) in [5, 5.41) is 4.53. The Hall–Kier alpha value is -2.90. The number of Topliss-reactive ketones (excluding diaryl/α,β-unsaturated/α-hetero) is 1. The number of fused-ring (bicyclic) bond motifs is 1. The molecule has 0 bridgehead atoms. The third-order valence-corrected chi connectivity index (χ3v) is 7.35. The number of pyridine rings is 1. The number of ketones is 1. The van der Waals surface area contributed by atoms with Crippen molar-refractivity contribution in [2.24, 2.45) is 5.41 Å². The van der Waals surface area contributed by atoms with Crippen LogP contribution in [0.25, 0.3) is 0 Å². The van der Waals surface area contributed by atoms with Crippen LogP contribution in [-0.4, -0.2) is 20.7 Å². The summed E-state index contributed by atoms with van der Waals surface area (Å²) in [5.41, 5.74) is 3.40. The van der Waals surface area contributed by atoms with Gasteiger partial charge in [-0.3, -0.25) is 14.6 Å². The van der Waals surface area contributed by atoms with E-state index < -0.39 is 5.92 Å². The zero-order valence-electron chi connectivity index (χ0n) is 18.3. The molecular formula is C25H23ClN4O2S. The molecule has 1 aliphatic carbocycles. The first-order chi connectivity index (χ1) is 15.8. The molecule has 0 spiro atoms. The zero-order chi connectivity index (χ0) is 23.2. The van der Waals surface area contributed by atoms with E-state index in [4.69, 9.17) is 16.6 Å². The summed E-state index contributed by atoms with van der Waals surface area (Å²) < 4.78 is 0. The number of thioether (sulfide) groups is 1. The Bertz CT molecular complexity index is 1330. The topological polar surface area (TPSA) is 87.7 Å². The number of nitrogens with one attached hydrogen (secondary N) is 2. The summed E-state index contributed by atoms with van der Waals surface area (Å²) in [4.78, 5) is 38.3. The number of benzene rings is 1. The Morgan fingerprint density at radius 3 is 2.64 bits per heavy atom. The molecule has 33 heavy (non-hydrogen) atoms. The van der Waals surface area contributed by atoms with Gasteiger partial charge in [0.15, 0.2) is 10.9 Å². The Morgan fingerprint density at radius 2 is 1.88 bits per heavy atom. The van der Waals surface area contributed by atoms with Gasteiger partial charge >= 0.3 is 0 Å². The summed E-state index contributed by atoms with van der Waals surface area (Å²) >= 11 is 7.70. The lowest BCUT2D eigenvalue weighted by Crippen LogP contribution is -2.37. The Labute approximate surface area is 200 Å². The van der Waals surface area contributed by atoms with Gasteiger partial charge in [0, 0.05) is 46.8 Å². The third-order valence-electron chi connectivity index (χ3n) is 6.06. The summed E-state index contributed by atoms with van der Waals surface area (Å²) in [6.45, 7) is 4.17. The first-order valence-corrected chi connectivity index (χ1v) is 12.1. The van der Waals surface area contributed by atoms with Gasteiger partial charge in [0.05, 0.1) is 5.56 Å². The molecule has 1 atom stereocenters. The molecule has 8 heteroatoms. The molecule has 0 amide bonds. The van der Waals surface area contributed by atoms with Crippen molar-refractivity contribution in [1.29, 1.82) is 0 Å². The SMILES string of the molecule is CC1(C)CC(=O)C2=C(C1)Nc1nc(SCc3ccccc3Cl)[nH]c(=O)c1C2c1ccncc1. The van der Waals surface area contributed by atoms with Crippen LogP contribution in [0.5, 0.6) is 0 Å². The average Bonchev–Trinajstić information content (AvgIpc) is 2.77. The van der Waals surface area contributed by atoms with Crippen LogP contribution < -0.4 is 10.9 Å². The van der Waals surface area contributed by atoms with E-state index in [1.807, 2.05) is 36.4 Å². The smallest absolute Gasteiger partial charge is 0.257 e. The number of halogens is 1. The van der Waals surface area contributed by atoms with Crippen LogP contribution in [0.3, 0.4) is 0 Å². The highest BCUT2D eigenvalue weighted by molar-refractivity contribution is 7.98. The predicted molar refractivity (Wildman–Crippen MR) is 131 cm³/mol. The van der Waals surface area contributed by atoms with Gasteiger partial charge in [0.2, 0.25) is 0 Å². The molecule has 168 valence electrons. The van der Waals surface area contributed by atoms with E-state index in [1.54, 1.807) is 12.4 Å². The van der Waals surface area contributed by atoms with Crippen molar-refractivity contribution < 1.29 is 4.79 Å². The van der Waals surface area contributed by atoms with Gasteiger partial charge in [-0.25, -0.2) is 4.98 Å². The molecule has 0 saturated carbocycles. The lowest BCUT2D eigenvalue weighted by Gasteiger charge is -2.38. The molecule has 3 aromatic rings. The van der Waals surface area contributed by atoms with E-state index in [9.17, 15) is 9.59 Å². The highest BCUT2D eigenvalue weighted by atomic mass is 35.5. The number of H-pyrrole nitrogens is 1. The fourth-order valence-corrected chi connectivity index (χ4v) is 5.76. The average molecular weight is 479 g/mol. The molecule has 2 aliphatic rings. The van der Waals surface area contributed by atoms with E-state index in [-0.39, 0.29) is 16.8 Å². The van der Waals surface area contributed by atoms with Crippen molar-refractivity contribution in [3.05, 3.63) is 92.1 Å². The van der Waals surface area contributed by atoms with Crippen molar-refractivity contribution >= 4 is 35.0 Å². The second-order valence-corrected chi connectivity index (χ2v) is 10.6. The number of carbonyl (C=O) groups is 1. The van der Waals surface area contributed by atoms with E-state index in [1.165, 1.54) is 11.8 Å². The van der Waals surface area contributed by atoms with Crippen molar-refractivity contribution in [1.82, 2.24) is 15.0 Å². The predicted octanol–water partition coefficient (Wildman–Crippen LogP) is 5.31. The number of allylic oxidation sites excluding steroid dienone is 2. The third kappa shape index (κ3) is 4.23. The van der Waals surface area contributed by atoms with E-state index >= 15 is 0 Å². The second-order valence-electron chi connectivity index (χ2n) is 9.19. The van der Waals surface area contributed by atoms with Crippen molar-refractivity contribution in [2.45, 2.75) is 43.5 Å². The number of aromatic nitrogens is 3. The van der Waals surface area contributed by atoms with Gasteiger partial charge in [-0.1, -0.05) is 55.4 Å². The number of carbonyl (C=O) groups excluding carboxylic acids is 1. The normalized spacial score (nSPS) is 19.0. The van der Waals surface area contributed by atoms with E-state index in [0.29, 0.717) is 45.7 Å². The van der Waals surface area contributed by atoms with Crippen LogP contribution >= 0.6 is 23.4 Å². The molecule has 1 unspecified atom stereocenters. The van der Waals surface area contributed by atoms with Crippen molar-refractivity contribution in [3.8, 4) is 0 Å². The number of rotatable bonds is 4. The lowest BCUT2D eigenvalue weighted by molar-refractivity contribution is -0.118. The molecule has 5 rings (SSSR count). The summed E-state index contributed by atoms with van der Waals surface area (Å²) in [5.74, 6) is 0.681. The van der Waals surface area contributed by atoms with Gasteiger partial charge < -0.3 is 10.3 Å². The fraction of sp³-hybridized carbons (Fsp3) is 0.280. The van der Waals surface area contributed by atoms with Crippen LogP contribution in [0.1, 0.15) is 49.3 Å². The van der Waals surface area contributed by atoms with Crippen molar-refractivity contribution in [3.63, 3.8) is 0 Å². The van der Waals surface area contributed by atoms with Crippen LogP contribution in [0.15, 0.2) is 70.0 Å². The molecule has 2 N–H and O–H groups in total. The number of nitrogens with zero attached hydrogens (tertiary/aromatic N) is 2. The maximum Gasteiger partial charge on any atom is 0.257 e. The first-order valence-electron chi connectivity index (χ1n) is 10.8. The second kappa shape index (κ2) is 8.47. The number of anilines is 1. The Morgan fingerprint density at radius 1 is 1.12 bits per heavy atom. The number of aromatic amines is 1. The van der Waals surface area contributed by atoms with Gasteiger partial charge in [-0.15, -0.1) is 0 Å². The van der Waals surface area contributed by atoms with Crippen LogP contribution in [0.2, 0.25) is 5.02 Å². The van der Waals surface area contributed by atoms with E-state index in [0.717, 1.165) is 16.8 Å². The largest absolute Gasteiger partial charge is 0.343 e. The minimum atomic E-state index is -0.471. The monoisotopic (exact) mass is 478 g/mol. The molecule has 0 saturated heterocycles. The highest BCUT2D eigenvalue weighted by Gasteiger charge is 2.42. The quantitative estimate of drug-likeness (QED) is 0.390. The Balaban J connectivity index is 1.58. The molecule has 6 nitrogen and oxygen atoms in total. The molecule has 3 heterocycles. The minimum absolute atomic E-state index is 0.0674.